The molecule has 0 bridgehead atoms. The minimum atomic E-state index is 0.654. The summed E-state index contributed by atoms with van der Waals surface area (Å²) in [7, 11) is 0. The highest BCUT2D eigenvalue weighted by Gasteiger charge is 1.97. The fourth-order valence-electron chi connectivity index (χ4n) is 1.64. The molecule has 0 heterocycles. The van der Waals surface area contributed by atoms with E-state index in [2.05, 4.69) is 34.2 Å². The summed E-state index contributed by atoms with van der Waals surface area (Å²) >= 11 is 3.41. The molecule has 0 spiro atoms. The molecular formula is C15H16BrNO. The summed E-state index contributed by atoms with van der Waals surface area (Å²) in [5.74, 6) is 0.954. The SMILES string of the molecule is Cc1ccccc1OCCNc1ccc(Br)cc1. The van der Waals surface area contributed by atoms with E-state index in [1.807, 2.05) is 42.5 Å². The van der Waals surface area contributed by atoms with Gasteiger partial charge in [0.15, 0.2) is 0 Å². The van der Waals surface area contributed by atoms with Crippen molar-refractivity contribution in [3.05, 3.63) is 58.6 Å². The van der Waals surface area contributed by atoms with E-state index in [1.165, 1.54) is 5.56 Å². The highest BCUT2D eigenvalue weighted by molar-refractivity contribution is 9.10. The van der Waals surface area contributed by atoms with Crippen LogP contribution in [0.15, 0.2) is 53.0 Å². The average Bonchev–Trinajstić information content (AvgIpc) is 2.39. The predicted octanol–water partition coefficient (Wildman–Crippen LogP) is 4.25. The van der Waals surface area contributed by atoms with E-state index >= 15 is 0 Å². The Hall–Kier alpha value is -1.48. The van der Waals surface area contributed by atoms with E-state index < -0.39 is 0 Å². The fraction of sp³-hybridized carbons (Fsp3) is 0.200. The lowest BCUT2D eigenvalue weighted by Crippen LogP contribution is -2.11. The van der Waals surface area contributed by atoms with Gasteiger partial charge in [-0.05, 0) is 42.8 Å². The number of para-hydroxylation sites is 1. The number of rotatable bonds is 5. The normalized spacial score (nSPS) is 10.1. The van der Waals surface area contributed by atoms with Crippen molar-refractivity contribution in [1.82, 2.24) is 0 Å². The number of aryl methyl sites for hydroxylation is 1. The maximum Gasteiger partial charge on any atom is 0.122 e. The van der Waals surface area contributed by atoms with Crippen LogP contribution in [0.3, 0.4) is 0 Å². The number of nitrogens with one attached hydrogen (secondary N) is 1. The second kappa shape index (κ2) is 6.45. The van der Waals surface area contributed by atoms with Crippen LogP contribution in [0.25, 0.3) is 0 Å². The molecule has 0 saturated carbocycles. The lowest BCUT2D eigenvalue weighted by atomic mass is 10.2. The van der Waals surface area contributed by atoms with Crippen LogP contribution in [-0.2, 0) is 0 Å². The third-order valence-electron chi connectivity index (χ3n) is 2.63. The molecule has 0 radical (unpaired) electrons. The monoisotopic (exact) mass is 305 g/mol. The molecule has 1 N–H and O–H groups in total. The Labute approximate surface area is 116 Å². The van der Waals surface area contributed by atoms with Crippen molar-refractivity contribution >= 4 is 21.6 Å². The quantitative estimate of drug-likeness (QED) is 0.834. The Bertz CT molecular complexity index is 496. The van der Waals surface area contributed by atoms with Crippen LogP contribution >= 0.6 is 15.9 Å². The second-order valence-corrected chi connectivity index (χ2v) is 4.96. The van der Waals surface area contributed by atoms with E-state index in [9.17, 15) is 0 Å². The van der Waals surface area contributed by atoms with Crippen molar-refractivity contribution in [3.8, 4) is 5.75 Å². The zero-order valence-electron chi connectivity index (χ0n) is 10.3. The maximum absolute atomic E-state index is 5.71. The largest absolute Gasteiger partial charge is 0.491 e. The van der Waals surface area contributed by atoms with Crippen LogP contribution in [0, 0.1) is 6.92 Å². The summed E-state index contributed by atoms with van der Waals surface area (Å²) in [6.45, 7) is 3.49. The molecule has 2 nitrogen and oxygen atoms in total. The molecule has 0 aliphatic carbocycles. The third kappa shape index (κ3) is 3.77. The number of hydrogen-bond acceptors (Lipinski definition) is 2. The van der Waals surface area contributed by atoms with Gasteiger partial charge in [-0.2, -0.15) is 0 Å². The Morgan fingerprint density at radius 1 is 1.06 bits per heavy atom. The molecule has 2 rings (SSSR count). The molecule has 0 aliphatic heterocycles. The molecule has 0 atom stereocenters. The first-order valence-electron chi connectivity index (χ1n) is 5.93. The summed E-state index contributed by atoms with van der Waals surface area (Å²) in [5, 5.41) is 3.32. The molecular weight excluding hydrogens is 290 g/mol. The van der Waals surface area contributed by atoms with Crippen molar-refractivity contribution in [2.24, 2.45) is 0 Å². The van der Waals surface area contributed by atoms with Gasteiger partial charge < -0.3 is 10.1 Å². The van der Waals surface area contributed by atoms with Crippen molar-refractivity contribution < 1.29 is 4.74 Å². The summed E-state index contributed by atoms with van der Waals surface area (Å²) in [6.07, 6.45) is 0. The lowest BCUT2D eigenvalue weighted by Gasteiger charge is -2.10. The van der Waals surface area contributed by atoms with E-state index in [1.54, 1.807) is 0 Å². The minimum Gasteiger partial charge on any atom is -0.491 e. The molecule has 0 fully saturated rings. The third-order valence-corrected chi connectivity index (χ3v) is 3.16. The molecule has 0 aromatic heterocycles. The van der Waals surface area contributed by atoms with Crippen LogP contribution < -0.4 is 10.1 Å². The van der Waals surface area contributed by atoms with Gasteiger partial charge in [-0.1, -0.05) is 34.1 Å². The van der Waals surface area contributed by atoms with E-state index in [-0.39, 0.29) is 0 Å². The fourth-order valence-corrected chi connectivity index (χ4v) is 1.91. The molecule has 2 aromatic carbocycles. The number of benzene rings is 2. The Balaban J connectivity index is 1.76. The van der Waals surface area contributed by atoms with Crippen molar-refractivity contribution in [2.45, 2.75) is 6.92 Å². The first-order chi connectivity index (χ1) is 8.75. The van der Waals surface area contributed by atoms with Crippen LogP contribution in [0.4, 0.5) is 5.69 Å². The number of halogens is 1. The van der Waals surface area contributed by atoms with E-state index in [4.69, 9.17) is 4.74 Å². The second-order valence-electron chi connectivity index (χ2n) is 4.05. The number of ether oxygens (including phenoxy) is 1. The van der Waals surface area contributed by atoms with Crippen LogP contribution in [0.5, 0.6) is 5.75 Å². The first kappa shape index (κ1) is 13.0. The van der Waals surface area contributed by atoms with Crippen LogP contribution in [0.1, 0.15) is 5.56 Å². The van der Waals surface area contributed by atoms with Crippen LogP contribution in [0.2, 0.25) is 0 Å². The highest BCUT2D eigenvalue weighted by Crippen LogP contribution is 2.16. The average molecular weight is 306 g/mol. The van der Waals surface area contributed by atoms with Gasteiger partial charge >= 0.3 is 0 Å². The maximum atomic E-state index is 5.71. The van der Waals surface area contributed by atoms with Gasteiger partial charge in [0.1, 0.15) is 12.4 Å². The lowest BCUT2D eigenvalue weighted by molar-refractivity contribution is 0.330. The Kier molecular flexibility index (Phi) is 4.65. The molecule has 0 saturated heterocycles. The Morgan fingerprint density at radius 3 is 2.50 bits per heavy atom. The van der Waals surface area contributed by atoms with Gasteiger partial charge in [0, 0.05) is 16.7 Å². The van der Waals surface area contributed by atoms with E-state index in [0.717, 1.165) is 22.5 Å². The van der Waals surface area contributed by atoms with Gasteiger partial charge in [-0.15, -0.1) is 0 Å². The van der Waals surface area contributed by atoms with Crippen molar-refractivity contribution in [3.63, 3.8) is 0 Å². The summed E-state index contributed by atoms with van der Waals surface area (Å²) in [6, 6.07) is 16.2. The number of anilines is 1. The highest BCUT2D eigenvalue weighted by atomic mass is 79.9. The smallest absolute Gasteiger partial charge is 0.122 e. The van der Waals surface area contributed by atoms with Crippen LogP contribution in [-0.4, -0.2) is 13.2 Å². The van der Waals surface area contributed by atoms with Crippen molar-refractivity contribution in [1.29, 1.82) is 0 Å². The zero-order valence-corrected chi connectivity index (χ0v) is 11.9. The number of hydrogen-bond donors (Lipinski definition) is 1. The molecule has 3 heteroatoms. The minimum absolute atomic E-state index is 0.654. The van der Waals surface area contributed by atoms with Gasteiger partial charge in [-0.3, -0.25) is 0 Å². The molecule has 94 valence electrons. The Morgan fingerprint density at radius 2 is 1.78 bits per heavy atom. The summed E-state index contributed by atoms with van der Waals surface area (Å²) in [4.78, 5) is 0. The molecule has 2 aromatic rings. The zero-order chi connectivity index (χ0) is 12.8. The van der Waals surface area contributed by atoms with Gasteiger partial charge in [0.05, 0.1) is 0 Å². The predicted molar refractivity (Wildman–Crippen MR) is 79.3 cm³/mol. The topological polar surface area (TPSA) is 21.3 Å². The molecule has 0 amide bonds. The summed E-state index contributed by atoms with van der Waals surface area (Å²) in [5.41, 5.74) is 2.27. The van der Waals surface area contributed by atoms with E-state index in [0.29, 0.717) is 6.61 Å². The van der Waals surface area contributed by atoms with Crippen molar-refractivity contribution in [2.75, 3.05) is 18.5 Å². The van der Waals surface area contributed by atoms with Gasteiger partial charge in [-0.25, -0.2) is 0 Å². The first-order valence-corrected chi connectivity index (χ1v) is 6.73. The molecule has 18 heavy (non-hydrogen) atoms. The summed E-state index contributed by atoms with van der Waals surface area (Å²) < 4.78 is 6.80. The molecule has 0 aliphatic rings. The van der Waals surface area contributed by atoms with Gasteiger partial charge in [0.2, 0.25) is 0 Å². The standard InChI is InChI=1S/C15H16BrNO/c1-12-4-2-3-5-15(12)18-11-10-17-14-8-6-13(16)7-9-14/h2-9,17H,10-11H2,1H3. The van der Waals surface area contributed by atoms with Gasteiger partial charge in [0.25, 0.3) is 0 Å². The molecule has 0 unspecified atom stereocenters.